The monoisotopic (exact) mass is 641 g/mol. The molecule has 0 aromatic heterocycles. The summed E-state index contributed by atoms with van der Waals surface area (Å²) in [6, 6.07) is 23.3. The van der Waals surface area contributed by atoms with E-state index >= 15 is 0 Å². The zero-order chi connectivity index (χ0) is 30.2. The van der Waals surface area contributed by atoms with Crippen LogP contribution >= 0.6 is 15.9 Å². The molecule has 1 N–H and O–H groups in total. The van der Waals surface area contributed by atoms with Crippen molar-refractivity contribution in [1.82, 2.24) is 10.2 Å². The van der Waals surface area contributed by atoms with Gasteiger partial charge in [-0.05, 0) is 60.2 Å². The van der Waals surface area contributed by atoms with E-state index in [0.29, 0.717) is 5.69 Å². The van der Waals surface area contributed by atoms with Crippen LogP contribution in [0.4, 0.5) is 5.69 Å². The summed E-state index contributed by atoms with van der Waals surface area (Å²) in [5.74, 6) is -0.464. The zero-order valence-corrected chi connectivity index (χ0v) is 26.8. The highest BCUT2D eigenvalue weighted by molar-refractivity contribution is 9.10. The summed E-state index contributed by atoms with van der Waals surface area (Å²) in [4.78, 5) is 29.4. The van der Waals surface area contributed by atoms with Crippen LogP contribution in [0.25, 0.3) is 0 Å². The van der Waals surface area contributed by atoms with Crippen molar-refractivity contribution in [3.8, 4) is 0 Å². The van der Waals surface area contributed by atoms with E-state index in [1.54, 1.807) is 12.1 Å². The van der Waals surface area contributed by atoms with Gasteiger partial charge >= 0.3 is 0 Å². The number of carbonyl (C=O) groups is 2. The van der Waals surface area contributed by atoms with Crippen LogP contribution < -0.4 is 9.62 Å². The molecule has 0 unspecified atom stereocenters. The molecule has 0 aliphatic carbocycles. The molecule has 3 aromatic rings. The van der Waals surface area contributed by atoms with Gasteiger partial charge < -0.3 is 10.2 Å². The molecule has 9 heteroatoms. The average molecular weight is 643 g/mol. The molecule has 3 rings (SSSR count). The van der Waals surface area contributed by atoms with Gasteiger partial charge in [-0.15, -0.1) is 0 Å². The third kappa shape index (κ3) is 9.43. The Labute approximate surface area is 253 Å². The van der Waals surface area contributed by atoms with Crippen molar-refractivity contribution in [2.75, 3.05) is 17.1 Å². The lowest BCUT2D eigenvalue weighted by molar-refractivity contribution is -0.140. The van der Waals surface area contributed by atoms with Crippen LogP contribution in [0.15, 0.2) is 83.3 Å². The largest absolute Gasteiger partial charge is 0.352 e. The van der Waals surface area contributed by atoms with Crippen molar-refractivity contribution in [3.05, 3.63) is 100 Å². The molecule has 220 valence electrons. The maximum atomic E-state index is 14.1. The first kappa shape index (κ1) is 32.3. The number of rotatable bonds is 13. The Bertz CT molecular complexity index is 1400. The lowest BCUT2D eigenvalue weighted by Gasteiger charge is -2.34. The van der Waals surface area contributed by atoms with Crippen LogP contribution in [0.3, 0.4) is 0 Å². The Balaban J connectivity index is 2.04. The third-order valence-corrected chi connectivity index (χ3v) is 8.73. The first-order valence-electron chi connectivity index (χ1n) is 13.8. The molecule has 0 aliphatic rings. The van der Waals surface area contributed by atoms with Gasteiger partial charge in [0.2, 0.25) is 21.8 Å². The predicted octanol–water partition coefficient (Wildman–Crippen LogP) is 5.89. The maximum absolute atomic E-state index is 14.1. The minimum atomic E-state index is -3.81. The number of nitrogens with one attached hydrogen (secondary N) is 1. The van der Waals surface area contributed by atoms with Crippen molar-refractivity contribution in [2.45, 2.75) is 65.1 Å². The summed E-state index contributed by atoms with van der Waals surface area (Å²) < 4.78 is 27.9. The third-order valence-electron chi connectivity index (χ3n) is 7.07. The maximum Gasteiger partial charge on any atom is 0.244 e. The fourth-order valence-corrected chi connectivity index (χ4v) is 5.53. The summed E-state index contributed by atoms with van der Waals surface area (Å²) >= 11 is 3.45. The van der Waals surface area contributed by atoms with Crippen molar-refractivity contribution in [2.24, 2.45) is 0 Å². The average Bonchev–Trinajstić information content (AvgIpc) is 2.94. The van der Waals surface area contributed by atoms with Crippen LogP contribution in [0, 0.1) is 0 Å². The molecular weight excluding hydrogens is 602 g/mol. The molecule has 0 bridgehead atoms. The highest BCUT2D eigenvalue weighted by Crippen LogP contribution is 2.24. The number of amides is 2. The van der Waals surface area contributed by atoms with Gasteiger partial charge in [-0.3, -0.25) is 13.9 Å². The predicted molar refractivity (Wildman–Crippen MR) is 169 cm³/mol. The summed E-state index contributed by atoms with van der Waals surface area (Å²) in [5.41, 5.74) is 3.19. The molecule has 0 saturated heterocycles. The fraction of sp³-hybridized carbons (Fsp3) is 0.375. The SMILES string of the molecule is CC[C@@H](C)NC(=O)[C@@H](Cc1ccccc1)N(Cc1ccc(Br)cc1)C(=O)CN(c1ccc(C(C)C)cc1)S(C)(=O)=O. The summed E-state index contributed by atoms with van der Waals surface area (Å²) in [6.45, 7) is 7.73. The highest BCUT2D eigenvalue weighted by Gasteiger charge is 2.33. The molecule has 0 radical (unpaired) electrons. The normalized spacial score (nSPS) is 13.0. The second-order valence-electron chi connectivity index (χ2n) is 10.7. The van der Waals surface area contributed by atoms with Crippen LogP contribution in [0.5, 0.6) is 0 Å². The van der Waals surface area contributed by atoms with E-state index in [1.165, 1.54) is 4.90 Å². The molecule has 0 spiro atoms. The molecule has 0 fully saturated rings. The Kier molecular flexibility index (Phi) is 11.5. The highest BCUT2D eigenvalue weighted by atomic mass is 79.9. The van der Waals surface area contributed by atoms with E-state index < -0.39 is 28.5 Å². The Morgan fingerprint density at radius 2 is 1.49 bits per heavy atom. The summed E-state index contributed by atoms with van der Waals surface area (Å²) in [7, 11) is -3.81. The minimum absolute atomic E-state index is 0.0857. The molecule has 2 atom stereocenters. The number of sulfonamides is 1. The van der Waals surface area contributed by atoms with E-state index in [1.807, 2.05) is 80.6 Å². The lowest BCUT2D eigenvalue weighted by atomic mass is 10.0. The standard InChI is InChI=1S/C32H40BrN3O4S/c1-6-24(4)34-32(38)30(20-25-10-8-7-9-11-25)35(21-26-12-16-28(33)17-13-26)31(37)22-36(41(5,39)40)29-18-14-27(15-19-29)23(2)3/h7-19,23-24,30H,6,20-22H2,1-5H3,(H,34,38)/t24-,30-/m1/s1. The van der Waals surface area contributed by atoms with Crippen molar-refractivity contribution in [3.63, 3.8) is 0 Å². The van der Waals surface area contributed by atoms with Crippen molar-refractivity contribution >= 4 is 43.5 Å². The van der Waals surface area contributed by atoms with Gasteiger partial charge in [0.25, 0.3) is 0 Å². The van der Waals surface area contributed by atoms with Gasteiger partial charge in [0, 0.05) is 23.5 Å². The van der Waals surface area contributed by atoms with E-state index in [0.717, 1.165) is 38.1 Å². The fourth-order valence-electron chi connectivity index (χ4n) is 4.42. The topological polar surface area (TPSA) is 86.8 Å². The first-order chi connectivity index (χ1) is 19.4. The number of carbonyl (C=O) groups excluding carboxylic acids is 2. The molecule has 2 amide bonds. The number of benzene rings is 3. The van der Waals surface area contributed by atoms with Crippen molar-refractivity contribution < 1.29 is 18.0 Å². The first-order valence-corrected chi connectivity index (χ1v) is 16.5. The van der Waals surface area contributed by atoms with Crippen LogP contribution in [0.1, 0.15) is 56.7 Å². The molecule has 3 aromatic carbocycles. The molecular formula is C32H40BrN3O4S. The van der Waals surface area contributed by atoms with Gasteiger partial charge in [0.1, 0.15) is 12.6 Å². The Morgan fingerprint density at radius 3 is 2.02 bits per heavy atom. The molecule has 7 nitrogen and oxygen atoms in total. The number of nitrogens with zero attached hydrogens (tertiary/aromatic N) is 2. The second-order valence-corrected chi connectivity index (χ2v) is 13.5. The second kappa shape index (κ2) is 14.6. The van der Waals surface area contributed by atoms with Crippen LogP contribution in [-0.2, 0) is 32.6 Å². The number of hydrogen-bond donors (Lipinski definition) is 1. The molecule has 0 aliphatic heterocycles. The Morgan fingerprint density at radius 1 is 0.878 bits per heavy atom. The van der Waals surface area contributed by atoms with E-state index in [4.69, 9.17) is 0 Å². The van der Waals surface area contributed by atoms with E-state index in [-0.39, 0.29) is 30.8 Å². The van der Waals surface area contributed by atoms with Crippen LogP contribution in [0.2, 0.25) is 0 Å². The summed E-state index contributed by atoms with van der Waals surface area (Å²) in [5, 5.41) is 3.04. The van der Waals surface area contributed by atoms with Gasteiger partial charge in [-0.25, -0.2) is 8.42 Å². The summed E-state index contributed by atoms with van der Waals surface area (Å²) in [6.07, 6.45) is 2.11. The van der Waals surface area contributed by atoms with Gasteiger partial charge in [0.15, 0.2) is 0 Å². The quantitative estimate of drug-likeness (QED) is 0.252. The van der Waals surface area contributed by atoms with Gasteiger partial charge in [-0.1, -0.05) is 91.3 Å². The Hall–Kier alpha value is -3.17. The molecule has 41 heavy (non-hydrogen) atoms. The van der Waals surface area contributed by atoms with E-state index in [2.05, 4.69) is 35.1 Å². The van der Waals surface area contributed by atoms with Gasteiger partial charge in [0.05, 0.1) is 11.9 Å². The number of hydrogen-bond acceptors (Lipinski definition) is 4. The molecule has 0 heterocycles. The zero-order valence-electron chi connectivity index (χ0n) is 24.4. The van der Waals surface area contributed by atoms with Crippen molar-refractivity contribution in [1.29, 1.82) is 0 Å². The van der Waals surface area contributed by atoms with Gasteiger partial charge in [-0.2, -0.15) is 0 Å². The lowest BCUT2D eigenvalue weighted by Crippen LogP contribution is -2.54. The number of halogens is 1. The minimum Gasteiger partial charge on any atom is -0.352 e. The smallest absolute Gasteiger partial charge is 0.244 e. The van der Waals surface area contributed by atoms with Crippen LogP contribution in [-0.4, -0.2) is 50.0 Å². The number of anilines is 1. The van der Waals surface area contributed by atoms with E-state index in [9.17, 15) is 18.0 Å². The molecule has 0 saturated carbocycles.